The van der Waals surface area contributed by atoms with E-state index in [1.807, 2.05) is 35.7 Å². The lowest BCUT2D eigenvalue weighted by molar-refractivity contribution is 0.470. The van der Waals surface area contributed by atoms with Gasteiger partial charge in [-0.1, -0.05) is 15.9 Å². The average Bonchev–Trinajstić information content (AvgIpc) is 2.89. The molecule has 96 valence electrons. The molecule has 0 spiro atoms. The van der Waals surface area contributed by atoms with Crippen LogP contribution in [0.2, 0.25) is 0 Å². The lowest BCUT2D eigenvalue weighted by Crippen LogP contribution is -2.10. The van der Waals surface area contributed by atoms with Crippen molar-refractivity contribution in [1.29, 1.82) is 0 Å². The van der Waals surface area contributed by atoms with E-state index in [0.29, 0.717) is 17.6 Å². The Labute approximate surface area is 121 Å². The van der Waals surface area contributed by atoms with Gasteiger partial charge in [-0.25, -0.2) is 10.8 Å². The summed E-state index contributed by atoms with van der Waals surface area (Å²) in [6.45, 7) is 0. The van der Waals surface area contributed by atoms with Crippen molar-refractivity contribution < 1.29 is 4.74 Å². The van der Waals surface area contributed by atoms with Gasteiger partial charge in [-0.2, -0.15) is 4.98 Å². The van der Waals surface area contributed by atoms with Crippen molar-refractivity contribution >= 4 is 43.4 Å². The van der Waals surface area contributed by atoms with E-state index in [2.05, 4.69) is 31.3 Å². The number of anilines is 1. The summed E-state index contributed by atoms with van der Waals surface area (Å²) in [7, 11) is 0. The molecule has 0 atom stereocenters. The van der Waals surface area contributed by atoms with E-state index in [-0.39, 0.29) is 0 Å². The molecule has 0 unspecified atom stereocenters. The van der Waals surface area contributed by atoms with Gasteiger partial charge >= 0.3 is 0 Å². The fourth-order valence-corrected chi connectivity index (χ4v) is 2.60. The maximum atomic E-state index is 5.79. The minimum absolute atomic E-state index is 0.331. The van der Waals surface area contributed by atoms with Crippen molar-refractivity contribution in [2.75, 3.05) is 5.43 Å². The van der Waals surface area contributed by atoms with Crippen LogP contribution in [-0.2, 0) is 0 Å². The molecule has 0 amide bonds. The largest absolute Gasteiger partial charge is 0.437 e. The van der Waals surface area contributed by atoms with Gasteiger partial charge in [-0.3, -0.25) is 5.43 Å². The summed E-state index contributed by atoms with van der Waals surface area (Å²) in [5, 5.41) is 1.94. The van der Waals surface area contributed by atoms with Crippen molar-refractivity contribution in [2.45, 2.75) is 0 Å². The zero-order valence-corrected chi connectivity index (χ0v) is 12.0. The molecule has 19 heavy (non-hydrogen) atoms. The number of hydrogen-bond acceptors (Lipinski definition) is 6. The van der Waals surface area contributed by atoms with Crippen LogP contribution >= 0.6 is 27.3 Å². The zero-order chi connectivity index (χ0) is 13.2. The molecule has 0 saturated heterocycles. The monoisotopic (exact) mass is 336 g/mol. The number of ether oxygens (including phenoxy) is 1. The van der Waals surface area contributed by atoms with Gasteiger partial charge in [-0.05, 0) is 35.7 Å². The summed E-state index contributed by atoms with van der Waals surface area (Å²) in [4.78, 5) is 8.48. The smallest absolute Gasteiger partial charge is 0.242 e. The van der Waals surface area contributed by atoms with Crippen molar-refractivity contribution in [2.24, 2.45) is 5.84 Å². The highest BCUT2D eigenvalue weighted by Crippen LogP contribution is 2.32. The molecule has 5 nitrogen and oxygen atoms in total. The second-order valence-electron chi connectivity index (χ2n) is 3.69. The Hall–Kier alpha value is -1.70. The highest BCUT2D eigenvalue weighted by atomic mass is 79.9. The highest BCUT2D eigenvalue weighted by molar-refractivity contribution is 9.10. The number of fused-ring (bicyclic) bond motifs is 1. The number of hydrogen-bond donors (Lipinski definition) is 2. The Bertz CT molecular complexity index is 713. The van der Waals surface area contributed by atoms with Crippen LogP contribution in [0.4, 0.5) is 5.95 Å². The third-order valence-electron chi connectivity index (χ3n) is 2.43. The molecule has 2 aromatic heterocycles. The van der Waals surface area contributed by atoms with Crippen molar-refractivity contribution in [3.05, 3.63) is 40.2 Å². The number of nitrogens with zero attached hydrogens (tertiary/aromatic N) is 2. The number of thiophene rings is 1. The minimum atomic E-state index is 0.331. The first-order valence-corrected chi connectivity index (χ1v) is 7.09. The molecular formula is C12H9BrN4OS. The summed E-state index contributed by atoms with van der Waals surface area (Å²) in [6, 6.07) is 9.44. The van der Waals surface area contributed by atoms with Crippen molar-refractivity contribution in [1.82, 2.24) is 9.97 Å². The number of nitrogen functional groups attached to an aromatic ring is 1. The first-order valence-electron chi connectivity index (χ1n) is 5.41. The molecule has 3 aromatic rings. The van der Waals surface area contributed by atoms with Crippen LogP contribution < -0.4 is 16.0 Å². The molecule has 0 radical (unpaired) electrons. The maximum absolute atomic E-state index is 5.79. The first-order chi connectivity index (χ1) is 9.26. The van der Waals surface area contributed by atoms with Gasteiger partial charge in [0.25, 0.3) is 0 Å². The molecule has 1 aromatic carbocycles. The maximum Gasteiger partial charge on any atom is 0.242 e. The third kappa shape index (κ3) is 2.53. The fourth-order valence-electron chi connectivity index (χ4n) is 1.58. The molecule has 0 saturated carbocycles. The number of nitrogens with one attached hydrogen (secondary N) is 1. The molecule has 3 rings (SSSR count). The van der Waals surface area contributed by atoms with E-state index >= 15 is 0 Å². The number of halogens is 1. The Morgan fingerprint density at radius 2 is 1.95 bits per heavy atom. The van der Waals surface area contributed by atoms with Gasteiger partial charge in [0.05, 0.1) is 5.52 Å². The predicted molar refractivity (Wildman–Crippen MR) is 79.4 cm³/mol. The Kier molecular flexibility index (Phi) is 3.33. The average molecular weight is 337 g/mol. The number of benzene rings is 1. The predicted octanol–water partition coefficient (Wildman–Crippen LogP) is 3.53. The normalized spacial score (nSPS) is 10.6. The number of rotatable bonds is 3. The van der Waals surface area contributed by atoms with Crippen LogP contribution in [0.25, 0.3) is 10.2 Å². The molecule has 3 N–H and O–H groups in total. The number of nitrogens with two attached hydrogens (primary N) is 1. The number of hydrazine groups is 1. The SMILES string of the molecule is NNc1nc(Oc2ccc(Br)cc2)c2sccc2n1. The van der Waals surface area contributed by atoms with Gasteiger partial charge in [0.2, 0.25) is 11.8 Å². The van der Waals surface area contributed by atoms with Crippen LogP contribution in [0.5, 0.6) is 11.6 Å². The van der Waals surface area contributed by atoms with Crippen LogP contribution in [0.15, 0.2) is 40.2 Å². The molecule has 7 heteroatoms. The lowest BCUT2D eigenvalue weighted by atomic mass is 10.3. The van der Waals surface area contributed by atoms with E-state index in [9.17, 15) is 0 Å². The number of aromatic nitrogens is 2. The van der Waals surface area contributed by atoms with Crippen LogP contribution in [0.3, 0.4) is 0 Å². The second-order valence-corrected chi connectivity index (χ2v) is 5.52. The van der Waals surface area contributed by atoms with Gasteiger partial charge in [0.15, 0.2) is 0 Å². The van der Waals surface area contributed by atoms with E-state index in [1.165, 1.54) is 11.3 Å². The summed E-state index contributed by atoms with van der Waals surface area (Å²) in [5.74, 6) is 6.89. The first kappa shape index (κ1) is 12.3. The van der Waals surface area contributed by atoms with Gasteiger partial charge < -0.3 is 4.74 Å². The highest BCUT2D eigenvalue weighted by Gasteiger charge is 2.10. The van der Waals surface area contributed by atoms with Crippen LogP contribution in [-0.4, -0.2) is 9.97 Å². The fraction of sp³-hybridized carbons (Fsp3) is 0. The van der Waals surface area contributed by atoms with Gasteiger partial charge in [0.1, 0.15) is 10.4 Å². The van der Waals surface area contributed by atoms with Crippen molar-refractivity contribution in [3.63, 3.8) is 0 Å². The summed E-state index contributed by atoms with van der Waals surface area (Å²) >= 11 is 4.91. The molecular weight excluding hydrogens is 328 g/mol. The molecule has 0 aliphatic heterocycles. The minimum Gasteiger partial charge on any atom is -0.437 e. The van der Waals surface area contributed by atoms with E-state index < -0.39 is 0 Å². The molecule has 0 bridgehead atoms. The summed E-state index contributed by atoms with van der Waals surface area (Å²) in [5.41, 5.74) is 3.24. The lowest BCUT2D eigenvalue weighted by Gasteiger charge is -2.07. The quantitative estimate of drug-likeness (QED) is 0.565. The molecule has 0 fully saturated rings. The van der Waals surface area contributed by atoms with Crippen molar-refractivity contribution in [3.8, 4) is 11.6 Å². The molecule has 2 heterocycles. The van der Waals surface area contributed by atoms with Crippen LogP contribution in [0, 0.1) is 0 Å². The Balaban J connectivity index is 2.03. The Morgan fingerprint density at radius 1 is 1.16 bits per heavy atom. The summed E-state index contributed by atoms with van der Waals surface area (Å²) < 4.78 is 7.67. The van der Waals surface area contributed by atoms with E-state index in [0.717, 1.165) is 14.7 Å². The summed E-state index contributed by atoms with van der Waals surface area (Å²) in [6.07, 6.45) is 0. The molecule has 0 aliphatic rings. The topological polar surface area (TPSA) is 73.1 Å². The van der Waals surface area contributed by atoms with E-state index in [4.69, 9.17) is 10.6 Å². The van der Waals surface area contributed by atoms with Gasteiger partial charge in [0, 0.05) is 4.47 Å². The second kappa shape index (κ2) is 5.12. The molecule has 0 aliphatic carbocycles. The van der Waals surface area contributed by atoms with Crippen LogP contribution in [0.1, 0.15) is 0 Å². The third-order valence-corrected chi connectivity index (χ3v) is 3.85. The standard InChI is InChI=1S/C12H9BrN4OS/c13-7-1-3-8(4-2-7)18-11-10-9(5-6-19-10)15-12(16-11)17-14/h1-6H,14H2,(H,15,16,17). The van der Waals surface area contributed by atoms with E-state index in [1.54, 1.807) is 0 Å². The van der Waals surface area contributed by atoms with Gasteiger partial charge in [-0.15, -0.1) is 11.3 Å². The Morgan fingerprint density at radius 3 is 2.68 bits per heavy atom. The zero-order valence-electron chi connectivity index (χ0n) is 9.63.